The van der Waals surface area contributed by atoms with Crippen LogP contribution in [0, 0.1) is 13.8 Å². The number of aromatic hydroxyl groups is 1. The van der Waals surface area contributed by atoms with Gasteiger partial charge in [-0.2, -0.15) is 0 Å². The second-order valence-electron chi connectivity index (χ2n) is 3.12. The standard InChI is InChI=1S/C10H13NO3/c1-6-9(5-14-8(3)12)4-11-7(2)10(6)13/h4,13H,5H2,1-3H3. The molecule has 4 nitrogen and oxygen atoms in total. The summed E-state index contributed by atoms with van der Waals surface area (Å²) in [6, 6.07) is 0. The Morgan fingerprint density at radius 1 is 1.57 bits per heavy atom. The van der Waals surface area contributed by atoms with Crippen molar-refractivity contribution in [2.75, 3.05) is 0 Å². The summed E-state index contributed by atoms with van der Waals surface area (Å²) in [5.41, 5.74) is 2.01. The van der Waals surface area contributed by atoms with Gasteiger partial charge in [-0.1, -0.05) is 0 Å². The van der Waals surface area contributed by atoms with Gasteiger partial charge in [-0.25, -0.2) is 0 Å². The van der Waals surface area contributed by atoms with E-state index in [4.69, 9.17) is 4.74 Å². The van der Waals surface area contributed by atoms with Crippen LogP contribution in [0.1, 0.15) is 23.7 Å². The van der Waals surface area contributed by atoms with Gasteiger partial charge in [0.25, 0.3) is 0 Å². The van der Waals surface area contributed by atoms with Crippen LogP contribution in [0.2, 0.25) is 0 Å². The number of nitrogens with zero attached hydrogens (tertiary/aromatic N) is 1. The summed E-state index contributed by atoms with van der Waals surface area (Å²) in [6.07, 6.45) is 1.60. The Labute approximate surface area is 82.5 Å². The van der Waals surface area contributed by atoms with Crippen LogP contribution >= 0.6 is 0 Å². The molecule has 1 aromatic rings. The van der Waals surface area contributed by atoms with Gasteiger partial charge < -0.3 is 9.84 Å². The van der Waals surface area contributed by atoms with Crippen LogP contribution in [0.5, 0.6) is 5.75 Å². The maximum atomic E-state index is 10.6. The Morgan fingerprint density at radius 3 is 2.79 bits per heavy atom. The lowest BCUT2D eigenvalue weighted by Gasteiger charge is -2.08. The zero-order valence-electron chi connectivity index (χ0n) is 8.50. The lowest BCUT2D eigenvalue weighted by Crippen LogP contribution is -2.02. The highest BCUT2D eigenvalue weighted by Crippen LogP contribution is 2.22. The number of carbonyl (C=O) groups is 1. The first kappa shape index (κ1) is 10.5. The number of pyridine rings is 1. The van der Waals surface area contributed by atoms with Crippen molar-refractivity contribution in [3.63, 3.8) is 0 Å². The van der Waals surface area contributed by atoms with Gasteiger partial charge in [-0.05, 0) is 13.8 Å². The highest BCUT2D eigenvalue weighted by atomic mass is 16.5. The van der Waals surface area contributed by atoms with Gasteiger partial charge in [0.2, 0.25) is 0 Å². The van der Waals surface area contributed by atoms with E-state index < -0.39 is 0 Å². The maximum absolute atomic E-state index is 10.6. The van der Waals surface area contributed by atoms with E-state index in [2.05, 4.69) is 4.98 Å². The van der Waals surface area contributed by atoms with Gasteiger partial charge in [0.05, 0.1) is 5.69 Å². The van der Waals surface area contributed by atoms with Crippen LogP contribution in [0.15, 0.2) is 6.20 Å². The van der Waals surface area contributed by atoms with E-state index in [0.29, 0.717) is 11.3 Å². The Kier molecular flexibility index (Phi) is 3.06. The number of ether oxygens (including phenoxy) is 1. The molecule has 0 saturated heterocycles. The predicted octanol–water partition coefficient (Wildman–Crippen LogP) is 1.47. The van der Waals surface area contributed by atoms with Crippen LogP contribution < -0.4 is 0 Å². The van der Waals surface area contributed by atoms with Crippen molar-refractivity contribution in [2.24, 2.45) is 0 Å². The monoisotopic (exact) mass is 195 g/mol. The van der Waals surface area contributed by atoms with Crippen molar-refractivity contribution in [1.29, 1.82) is 0 Å². The molecular formula is C10H13NO3. The molecule has 0 aliphatic rings. The Morgan fingerprint density at radius 2 is 2.21 bits per heavy atom. The lowest BCUT2D eigenvalue weighted by atomic mass is 10.1. The van der Waals surface area contributed by atoms with Crippen LogP contribution in [-0.2, 0) is 16.1 Å². The fourth-order valence-electron chi connectivity index (χ4n) is 1.08. The van der Waals surface area contributed by atoms with Gasteiger partial charge in [-0.15, -0.1) is 0 Å². The van der Waals surface area contributed by atoms with Crippen LogP contribution in [-0.4, -0.2) is 16.1 Å². The van der Waals surface area contributed by atoms with E-state index in [1.807, 2.05) is 0 Å². The molecule has 1 rings (SSSR count). The van der Waals surface area contributed by atoms with E-state index in [-0.39, 0.29) is 18.3 Å². The minimum Gasteiger partial charge on any atom is -0.506 e. The molecule has 0 bridgehead atoms. The number of esters is 1. The van der Waals surface area contributed by atoms with Crippen LogP contribution in [0.4, 0.5) is 0 Å². The zero-order chi connectivity index (χ0) is 10.7. The Hall–Kier alpha value is -1.58. The highest BCUT2D eigenvalue weighted by molar-refractivity contribution is 5.66. The molecule has 0 amide bonds. The molecule has 0 aromatic carbocycles. The first-order valence-electron chi connectivity index (χ1n) is 4.29. The van der Waals surface area contributed by atoms with Crippen molar-refractivity contribution in [2.45, 2.75) is 27.4 Å². The summed E-state index contributed by atoms with van der Waals surface area (Å²) < 4.78 is 4.81. The van der Waals surface area contributed by atoms with Gasteiger partial charge in [0, 0.05) is 24.2 Å². The largest absolute Gasteiger partial charge is 0.506 e. The molecule has 4 heteroatoms. The molecule has 76 valence electrons. The molecule has 0 aliphatic heterocycles. The van der Waals surface area contributed by atoms with E-state index in [1.54, 1.807) is 20.0 Å². The van der Waals surface area contributed by atoms with Gasteiger partial charge in [0.1, 0.15) is 12.4 Å². The second kappa shape index (κ2) is 4.09. The molecule has 0 spiro atoms. The smallest absolute Gasteiger partial charge is 0.302 e. The summed E-state index contributed by atoms with van der Waals surface area (Å²) in [5.74, 6) is -0.181. The first-order valence-corrected chi connectivity index (χ1v) is 4.29. The van der Waals surface area contributed by atoms with Crippen LogP contribution in [0.3, 0.4) is 0 Å². The maximum Gasteiger partial charge on any atom is 0.302 e. The zero-order valence-corrected chi connectivity index (χ0v) is 8.50. The number of rotatable bonds is 2. The van der Waals surface area contributed by atoms with E-state index in [0.717, 1.165) is 5.56 Å². The Balaban J connectivity index is 2.88. The van der Waals surface area contributed by atoms with E-state index >= 15 is 0 Å². The molecule has 1 N–H and O–H groups in total. The second-order valence-corrected chi connectivity index (χ2v) is 3.12. The van der Waals surface area contributed by atoms with Crippen molar-refractivity contribution in [3.05, 3.63) is 23.0 Å². The minimum atomic E-state index is -0.343. The number of aryl methyl sites for hydroxylation is 1. The van der Waals surface area contributed by atoms with Gasteiger partial charge in [-0.3, -0.25) is 9.78 Å². The molecule has 0 fully saturated rings. The van der Waals surface area contributed by atoms with Crippen molar-refractivity contribution in [3.8, 4) is 5.75 Å². The molecule has 0 atom stereocenters. The fourth-order valence-corrected chi connectivity index (χ4v) is 1.08. The topological polar surface area (TPSA) is 59.4 Å². The minimum absolute atomic E-state index is 0.155. The molecule has 0 saturated carbocycles. The lowest BCUT2D eigenvalue weighted by molar-refractivity contribution is -0.142. The van der Waals surface area contributed by atoms with E-state index in [9.17, 15) is 9.90 Å². The molecule has 1 aromatic heterocycles. The molecule has 0 radical (unpaired) electrons. The van der Waals surface area contributed by atoms with Gasteiger partial charge in [0.15, 0.2) is 0 Å². The van der Waals surface area contributed by atoms with E-state index in [1.165, 1.54) is 6.92 Å². The number of aromatic nitrogens is 1. The first-order chi connectivity index (χ1) is 6.52. The summed E-state index contributed by atoms with van der Waals surface area (Å²) in [7, 11) is 0. The van der Waals surface area contributed by atoms with Crippen molar-refractivity contribution < 1.29 is 14.6 Å². The number of carbonyl (C=O) groups excluding carboxylic acids is 1. The number of hydrogen-bond donors (Lipinski definition) is 1. The third-order valence-corrected chi connectivity index (χ3v) is 2.02. The molecule has 1 heterocycles. The fraction of sp³-hybridized carbons (Fsp3) is 0.400. The summed E-state index contributed by atoms with van der Waals surface area (Å²) >= 11 is 0. The average Bonchev–Trinajstić information content (AvgIpc) is 2.13. The van der Waals surface area contributed by atoms with Gasteiger partial charge >= 0.3 is 5.97 Å². The quantitative estimate of drug-likeness (QED) is 0.726. The summed E-state index contributed by atoms with van der Waals surface area (Å²) in [5, 5.41) is 9.55. The summed E-state index contributed by atoms with van der Waals surface area (Å²) in [6.45, 7) is 4.99. The third-order valence-electron chi connectivity index (χ3n) is 2.02. The van der Waals surface area contributed by atoms with Crippen LogP contribution in [0.25, 0.3) is 0 Å². The Bertz CT molecular complexity index is 361. The SMILES string of the molecule is CC(=O)OCc1cnc(C)c(O)c1C. The molecule has 0 aliphatic carbocycles. The average molecular weight is 195 g/mol. The molecule has 0 unspecified atom stereocenters. The summed E-state index contributed by atoms with van der Waals surface area (Å²) in [4.78, 5) is 14.6. The number of hydrogen-bond acceptors (Lipinski definition) is 4. The van der Waals surface area contributed by atoms with Crippen molar-refractivity contribution >= 4 is 5.97 Å². The molecule has 14 heavy (non-hydrogen) atoms. The predicted molar refractivity (Wildman–Crippen MR) is 50.8 cm³/mol. The third kappa shape index (κ3) is 2.22. The molecular weight excluding hydrogens is 182 g/mol. The highest BCUT2D eigenvalue weighted by Gasteiger charge is 2.08. The van der Waals surface area contributed by atoms with Crippen molar-refractivity contribution in [1.82, 2.24) is 4.98 Å². The normalized spacial score (nSPS) is 9.93.